The van der Waals surface area contributed by atoms with Crippen molar-refractivity contribution < 1.29 is 9.47 Å². The molecule has 118 valence electrons. The summed E-state index contributed by atoms with van der Waals surface area (Å²) in [7, 11) is 0. The fourth-order valence-corrected chi connectivity index (χ4v) is 3.38. The Bertz CT molecular complexity index is 240. The van der Waals surface area contributed by atoms with Gasteiger partial charge in [0.25, 0.3) is 0 Å². The van der Waals surface area contributed by atoms with Crippen molar-refractivity contribution in [1.82, 2.24) is 0 Å². The second-order valence-electron chi connectivity index (χ2n) is 7.41. The summed E-state index contributed by atoms with van der Waals surface area (Å²) in [6, 6.07) is 0. The summed E-state index contributed by atoms with van der Waals surface area (Å²) in [6.07, 6.45) is 13.3. The fourth-order valence-electron chi connectivity index (χ4n) is 3.38. The second-order valence-corrected chi connectivity index (χ2v) is 7.41. The van der Waals surface area contributed by atoms with Gasteiger partial charge in [0, 0.05) is 6.61 Å². The summed E-state index contributed by atoms with van der Waals surface area (Å²) in [4.78, 5) is 0. The lowest BCUT2D eigenvalue weighted by atomic mass is 9.80. The van der Waals surface area contributed by atoms with Gasteiger partial charge < -0.3 is 9.47 Å². The third-order valence-electron chi connectivity index (χ3n) is 4.92. The van der Waals surface area contributed by atoms with E-state index in [2.05, 4.69) is 13.8 Å². The monoisotopic (exact) mass is 282 g/mol. The molecule has 2 aliphatic rings. The Morgan fingerprint density at radius 2 is 1.65 bits per heavy atom. The van der Waals surface area contributed by atoms with Gasteiger partial charge in [-0.25, -0.2) is 0 Å². The molecule has 0 aromatic rings. The molecular formula is C18H34O2. The van der Waals surface area contributed by atoms with E-state index in [9.17, 15) is 0 Å². The lowest BCUT2D eigenvalue weighted by molar-refractivity contribution is 0.0666. The van der Waals surface area contributed by atoms with Gasteiger partial charge >= 0.3 is 0 Å². The van der Waals surface area contributed by atoms with E-state index in [4.69, 9.17) is 9.47 Å². The van der Waals surface area contributed by atoms with Crippen molar-refractivity contribution in [3.05, 3.63) is 0 Å². The SMILES string of the molecule is CC(C)CCCCCC1CCC(COCC2CO2)CC1. The molecule has 0 N–H and O–H groups in total. The molecule has 0 radical (unpaired) electrons. The van der Waals surface area contributed by atoms with E-state index >= 15 is 0 Å². The van der Waals surface area contributed by atoms with E-state index in [0.29, 0.717) is 6.10 Å². The average Bonchev–Trinajstić information content (AvgIpc) is 3.24. The second kappa shape index (κ2) is 9.04. The van der Waals surface area contributed by atoms with Gasteiger partial charge in [-0.1, -0.05) is 58.8 Å². The average molecular weight is 282 g/mol. The molecule has 0 aromatic heterocycles. The molecule has 20 heavy (non-hydrogen) atoms. The van der Waals surface area contributed by atoms with Crippen molar-refractivity contribution in [2.24, 2.45) is 17.8 Å². The first-order valence-corrected chi connectivity index (χ1v) is 8.93. The van der Waals surface area contributed by atoms with E-state index in [1.54, 1.807) is 0 Å². The standard InChI is InChI=1S/C18H34O2/c1-15(2)6-4-3-5-7-16-8-10-17(11-9-16)12-19-13-18-14-20-18/h15-18H,3-14H2,1-2H3. The minimum Gasteiger partial charge on any atom is -0.378 e. The molecule has 2 fully saturated rings. The maximum Gasteiger partial charge on any atom is 0.104 e. The predicted octanol–water partition coefficient (Wildman–Crippen LogP) is 4.81. The minimum absolute atomic E-state index is 0.428. The van der Waals surface area contributed by atoms with Crippen LogP contribution in [0.2, 0.25) is 0 Å². The van der Waals surface area contributed by atoms with Gasteiger partial charge in [-0.15, -0.1) is 0 Å². The highest BCUT2D eigenvalue weighted by Gasteiger charge is 2.24. The van der Waals surface area contributed by atoms with Crippen LogP contribution in [0.5, 0.6) is 0 Å². The first-order chi connectivity index (χ1) is 9.74. The van der Waals surface area contributed by atoms with Gasteiger partial charge in [0.15, 0.2) is 0 Å². The summed E-state index contributed by atoms with van der Waals surface area (Å²) in [5.74, 6) is 2.72. The third-order valence-corrected chi connectivity index (χ3v) is 4.92. The van der Waals surface area contributed by atoms with E-state index < -0.39 is 0 Å². The number of epoxide rings is 1. The number of hydrogen-bond donors (Lipinski definition) is 0. The van der Waals surface area contributed by atoms with Gasteiger partial charge in [-0.2, -0.15) is 0 Å². The zero-order valence-corrected chi connectivity index (χ0v) is 13.6. The Labute approximate surface area is 125 Å². The Morgan fingerprint density at radius 3 is 2.30 bits per heavy atom. The van der Waals surface area contributed by atoms with Crippen LogP contribution in [0, 0.1) is 17.8 Å². The Hall–Kier alpha value is -0.0800. The highest BCUT2D eigenvalue weighted by molar-refractivity contribution is 4.73. The van der Waals surface area contributed by atoms with Gasteiger partial charge in [-0.3, -0.25) is 0 Å². The van der Waals surface area contributed by atoms with Crippen LogP contribution in [0.15, 0.2) is 0 Å². The van der Waals surface area contributed by atoms with Crippen LogP contribution in [0.25, 0.3) is 0 Å². The van der Waals surface area contributed by atoms with Gasteiger partial charge in [0.2, 0.25) is 0 Å². The molecule has 1 aliphatic heterocycles. The van der Waals surface area contributed by atoms with Crippen molar-refractivity contribution in [3.8, 4) is 0 Å². The first-order valence-electron chi connectivity index (χ1n) is 8.93. The molecule has 1 unspecified atom stereocenters. The summed E-state index contributed by atoms with van der Waals surface area (Å²) in [5, 5.41) is 0. The Kier molecular flexibility index (Phi) is 7.37. The van der Waals surface area contributed by atoms with E-state index in [1.807, 2.05) is 0 Å². The van der Waals surface area contributed by atoms with Crippen molar-refractivity contribution in [2.45, 2.75) is 77.7 Å². The van der Waals surface area contributed by atoms with Crippen LogP contribution in [-0.2, 0) is 9.47 Å². The first kappa shape index (κ1) is 16.3. The van der Waals surface area contributed by atoms with Crippen LogP contribution in [0.4, 0.5) is 0 Å². The minimum atomic E-state index is 0.428. The lowest BCUT2D eigenvalue weighted by Gasteiger charge is -2.28. The van der Waals surface area contributed by atoms with Crippen molar-refractivity contribution in [3.63, 3.8) is 0 Å². The van der Waals surface area contributed by atoms with Gasteiger partial charge in [0.1, 0.15) is 6.10 Å². The molecule has 0 spiro atoms. The molecule has 0 bridgehead atoms. The van der Waals surface area contributed by atoms with E-state index in [0.717, 1.165) is 37.6 Å². The summed E-state index contributed by atoms with van der Waals surface area (Å²) in [5.41, 5.74) is 0. The predicted molar refractivity (Wildman–Crippen MR) is 83.9 cm³/mol. The molecular weight excluding hydrogens is 248 g/mol. The maximum absolute atomic E-state index is 5.74. The number of unbranched alkanes of at least 4 members (excludes halogenated alkanes) is 2. The molecule has 2 heteroatoms. The molecule has 0 amide bonds. The van der Waals surface area contributed by atoms with E-state index in [-0.39, 0.29) is 0 Å². The topological polar surface area (TPSA) is 21.8 Å². The largest absolute Gasteiger partial charge is 0.378 e. The van der Waals surface area contributed by atoms with Crippen LogP contribution in [0.1, 0.15) is 71.6 Å². The highest BCUT2D eigenvalue weighted by Crippen LogP contribution is 2.32. The molecule has 2 nitrogen and oxygen atoms in total. The molecule has 2 rings (SSSR count). The van der Waals surface area contributed by atoms with E-state index in [1.165, 1.54) is 57.8 Å². The third kappa shape index (κ3) is 7.08. The fraction of sp³-hybridized carbons (Fsp3) is 1.00. The normalized spacial score (nSPS) is 29.9. The zero-order valence-electron chi connectivity index (χ0n) is 13.6. The number of rotatable bonds is 10. The summed E-state index contributed by atoms with van der Waals surface area (Å²) < 4.78 is 10.9. The Balaban J connectivity index is 1.42. The molecule has 1 saturated carbocycles. The van der Waals surface area contributed by atoms with Crippen molar-refractivity contribution in [2.75, 3.05) is 19.8 Å². The van der Waals surface area contributed by atoms with Crippen LogP contribution in [-0.4, -0.2) is 25.9 Å². The van der Waals surface area contributed by atoms with Gasteiger partial charge in [-0.05, 0) is 30.6 Å². The molecule has 0 aromatic carbocycles. The number of ether oxygens (including phenoxy) is 2. The zero-order chi connectivity index (χ0) is 14.2. The van der Waals surface area contributed by atoms with Crippen LogP contribution < -0.4 is 0 Å². The quantitative estimate of drug-likeness (QED) is 0.423. The summed E-state index contributed by atoms with van der Waals surface area (Å²) >= 11 is 0. The van der Waals surface area contributed by atoms with Crippen LogP contribution >= 0.6 is 0 Å². The smallest absolute Gasteiger partial charge is 0.104 e. The maximum atomic E-state index is 5.74. The lowest BCUT2D eigenvalue weighted by Crippen LogP contribution is -2.19. The van der Waals surface area contributed by atoms with Crippen molar-refractivity contribution in [1.29, 1.82) is 0 Å². The van der Waals surface area contributed by atoms with Crippen LogP contribution in [0.3, 0.4) is 0 Å². The highest BCUT2D eigenvalue weighted by atomic mass is 16.6. The number of hydrogen-bond acceptors (Lipinski definition) is 2. The molecule has 1 saturated heterocycles. The van der Waals surface area contributed by atoms with Crippen molar-refractivity contribution >= 4 is 0 Å². The molecule has 1 atom stereocenters. The Morgan fingerprint density at radius 1 is 0.950 bits per heavy atom. The molecule has 1 aliphatic carbocycles. The molecule has 1 heterocycles. The van der Waals surface area contributed by atoms with Gasteiger partial charge in [0.05, 0.1) is 13.2 Å². The summed E-state index contributed by atoms with van der Waals surface area (Å²) in [6.45, 7) is 7.39.